The van der Waals surface area contributed by atoms with Crippen LogP contribution in [0.25, 0.3) is 0 Å². The van der Waals surface area contributed by atoms with Crippen molar-refractivity contribution in [3.05, 3.63) is 88.4 Å². The molecule has 1 aromatic carbocycles. The fourth-order valence-corrected chi connectivity index (χ4v) is 5.91. The molecular formula is C27H27N3O3S. The molecule has 2 fully saturated rings. The lowest BCUT2D eigenvalue weighted by molar-refractivity contribution is -0.144. The largest absolute Gasteiger partial charge is 0.334 e. The van der Waals surface area contributed by atoms with Crippen LogP contribution in [0.4, 0.5) is 0 Å². The third-order valence-corrected chi connectivity index (χ3v) is 7.80. The summed E-state index contributed by atoms with van der Waals surface area (Å²) in [4.78, 5) is 49.4. The number of piperidine rings is 1. The van der Waals surface area contributed by atoms with Crippen LogP contribution >= 0.6 is 11.3 Å². The minimum Gasteiger partial charge on any atom is -0.334 e. The van der Waals surface area contributed by atoms with Crippen LogP contribution in [0.1, 0.15) is 54.3 Å². The molecular weight excluding hydrogens is 446 g/mol. The maximum Gasteiger partial charge on any atom is 0.241 e. The number of amides is 3. The molecule has 5 rings (SSSR count). The van der Waals surface area contributed by atoms with Crippen molar-refractivity contribution in [2.24, 2.45) is 0 Å². The molecule has 174 valence electrons. The number of carbonyl (C=O) groups is 3. The highest BCUT2D eigenvalue weighted by atomic mass is 32.1. The number of carbonyl (C=O) groups excluding carboxylic acids is 3. The molecule has 7 heteroatoms. The van der Waals surface area contributed by atoms with Crippen molar-refractivity contribution in [3.63, 3.8) is 0 Å². The second kappa shape index (κ2) is 9.50. The number of thiophene rings is 1. The Kier molecular flexibility index (Phi) is 6.28. The van der Waals surface area contributed by atoms with E-state index < -0.39 is 5.41 Å². The molecule has 3 aromatic rings. The maximum atomic E-state index is 13.9. The normalized spacial score (nSPS) is 22.9. The van der Waals surface area contributed by atoms with Crippen LogP contribution in [0.15, 0.2) is 72.2 Å². The number of pyridine rings is 1. The van der Waals surface area contributed by atoms with E-state index in [1.54, 1.807) is 6.20 Å². The molecule has 2 aliphatic heterocycles. The minimum atomic E-state index is -1.18. The molecule has 4 heterocycles. The van der Waals surface area contributed by atoms with Crippen LogP contribution in [0.3, 0.4) is 0 Å². The zero-order valence-corrected chi connectivity index (χ0v) is 19.7. The Hall–Kier alpha value is -3.32. The number of aromatic nitrogens is 1. The first kappa shape index (κ1) is 22.5. The summed E-state index contributed by atoms with van der Waals surface area (Å²) in [5, 5.41) is 1.93. The lowest BCUT2D eigenvalue weighted by Gasteiger charge is -2.37. The van der Waals surface area contributed by atoms with E-state index in [1.165, 1.54) is 16.2 Å². The smallest absolute Gasteiger partial charge is 0.241 e. The van der Waals surface area contributed by atoms with Gasteiger partial charge in [0.05, 0.1) is 23.7 Å². The molecule has 34 heavy (non-hydrogen) atoms. The van der Waals surface area contributed by atoms with Gasteiger partial charge in [-0.2, -0.15) is 0 Å². The number of benzene rings is 1. The summed E-state index contributed by atoms with van der Waals surface area (Å²) >= 11 is 1.52. The Morgan fingerprint density at radius 3 is 2.59 bits per heavy atom. The van der Waals surface area contributed by atoms with E-state index in [2.05, 4.69) is 4.98 Å². The molecule has 2 aromatic heterocycles. The third kappa shape index (κ3) is 4.16. The van der Waals surface area contributed by atoms with Crippen molar-refractivity contribution in [3.8, 4) is 0 Å². The predicted octanol–water partition coefficient (Wildman–Crippen LogP) is 4.48. The zero-order chi connectivity index (χ0) is 23.5. The Morgan fingerprint density at radius 1 is 1.03 bits per heavy atom. The monoisotopic (exact) mass is 473 g/mol. The van der Waals surface area contributed by atoms with E-state index in [4.69, 9.17) is 0 Å². The van der Waals surface area contributed by atoms with Gasteiger partial charge in [-0.3, -0.25) is 24.3 Å². The van der Waals surface area contributed by atoms with Gasteiger partial charge in [0.15, 0.2) is 0 Å². The first-order chi connectivity index (χ1) is 16.6. The van der Waals surface area contributed by atoms with Gasteiger partial charge < -0.3 is 4.90 Å². The Morgan fingerprint density at radius 2 is 1.85 bits per heavy atom. The quantitative estimate of drug-likeness (QED) is 0.495. The molecule has 2 atom stereocenters. The fourth-order valence-electron chi connectivity index (χ4n) is 5.21. The second-order valence-electron chi connectivity index (χ2n) is 9.02. The van der Waals surface area contributed by atoms with Crippen molar-refractivity contribution in [1.82, 2.24) is 14.8 Å². The average Bonchev–Trinajstić information content (AvgIpc) is 3.48. The van der Waals surface area contributed by atoms with Crippen molar-refractivity contribution in [1.29, 1.82) is 0 Å². The summed E-state index contributed by atoms with van der Waals surface area (Å²) in [6, 6.07) is 18.8. The summed E-state index contributed by atoms with van der Waals surface area (Å²) in [5.41, 5.74) is 0.415. The Balaban J connectivity index is 1.47. The number of likely N-dealkylation sites (tertiary alicyclic amines) is 2. The fraction of sp³-hybridized carbons (Fsp3) is 0.333. The maximum absolute atomic E-state index is 13.9. The standard InChI is InChI=1S/C27H27N3O3S/c31-24(29-15-7-5-13-23(29)22-12-4-6-14-28-22)17-27(20-9-2-1-3-10-20)18-25(32)30(26(27)33)19-21-11-8-16-34-21/h1-4,6,8-12,14,16,23H,5,7,13,15,17-19H2. The first-order valence-electron chi connectivity index (χ1n) is 11.7. The summed E-state index contributed by atoms with van der Waals surface area (Å²) in [6.07, 6.45) is 4.53. The van der Waals surface area contributed by atoms with Crippen LogP contribution in [0.5, 0.6) is 0 Å². The van der Waals surface area contributed by atoms with Crippen LogP contribution in [-0.2, 0) is 26.3 Å². The zero-order valence-electron chi connectivity index (χ0n) is 18.9. The van der Waals surface area contributed by atoms with Gasteiger partial charge in [-0.25, -0.2) is 0 Å². The van der Waals surface area contributed by atoms with Crippen molar-refractivity contribution in [2.45, 2.75) is 50.1 Å². The lowest BCUT2D eigenvalue weighted by Crippen LogP contribution is -2.45. The summed E-state index contributed by atoms with van der Waals surface area (Å²) in [5.74, 6) is -0.606. The Bertz CT molecular complexity index is 1170. The van der Waals surface area contributed by atoms with E-state index >= 15 is 0 Å². The number of hydrogen-bond donors (Lipinski definition) is 0. The molecule has 6 nitrogen and oxygen atoms in total. The Labute approximate surface area is 203 Å². The molecule has 2 aliphatic rings. The molecule has 0 spiro atoms. The van der Waals surface area contributed by atoms with Crippen molar-refractivity contribution < 1.29 is 14.4 Å². The summed E-state index contributed by atoms with van der Waals surface area (Å²) in [6.45, 7) is 0.879. The predicted molar refractivity (Wildman–Crippen MR) is 130 cm³/mol. The van der Waals surface area contributed by atoms with Gasteiger partial charge in [-0.05, 0) is 48.4 Å². The molecule has 0 radical (unpaired) electrons. The molecule has 0 bridgehead atoms. The average molecular weight is 474 g/mol. The van der Waals surface area contributed by atoms with E-state index in [1.807, 2.05) is 70.9 Å². The van der Waals surface area contributed by atoms with Gasteiger partial charge in [0.1, 0.15) is 0 Å². The van der Waals surface area contributed by atoms with Crippen molar-refractivity contribution >= 4 is 29.1 Å². The minimum absolute atomic E-state index is 0.00898. The molecule has 2 unspecified atom stereocenters. The van der Waals surface area contributed by atoms with Crippen LogP contribution in [0.2, 0.25) is 0 Å². The van der Waals surface area contributed by atoms with Gasteiger partial charge >= 0.3 is 0 Å². The van der Waals surface area contributed by atoms with E-state index in [-0.39, 0.29) is 43.1 Å². The number of rotatable bonds is 6. The number of nitrogens with zero attached hydrogens (tertiary/aromatic N) is 3. The van der Waals surface area contributed by atoms with E-state index in [0.717, 1.165) is 35.4 Å². The number of imide groups is 1. The highest BCUT2D eigenvalue weighted by molar-refractivity contribution is 7.09. The van der Waals surface area contributed by atoms with Crippen LogP contribution < -0.4 is 0 Å². The van der Waals surface area contributed by atoms with E-state index in [0.29, 0.717) is 6.54 Å². The molecule has 0 saturated carbocycles. The molecule has 0 N–H and O–H groups in total. The van der Waals surface area contributed by atoms with Crippen LogP contribution in [-0.4, -0.2) is 39.1 Å². The topological polar surface area (TPSA) is 70.6 Å². The van der Waals surface area contributed by atoms with Gasteiger partial charge in [-0.15, -0.1) is 11.3 Å². The van der Waals surface area contributed by atoms with Gasteiger partial charge in [0, 0.05) is 30.5 Å². The third-order valence-electron chi connectivity index (χ3n) is 6.93. The number of hydrogen-bond acceptors (Lipinski definition) is 5. The van der Waals surface area contributed by atoms with Crippen molar-refractivity contribution in [2.75, 3.05) is 6.54 Å². The first-order valence-corrected chi connectivity index (χ1v) is 12.6. The molecule has 2 saturated heterocycles. The summed E-state index contributed by atoms with van der Waals surface area (Å²) < 4.78 is 0. The van der Waals surface area contributed by atoms with Gasteiger partial charge in [0.2, 0.25) is 17.7 Å². The highest BCUT2D eigenvalue weighted by Gasteiger charge is 2.54. The van der Waals surface area contributed by atoms with Crippen LogP contribution in [0, 0.1) is 0 Å². The molecule has 3 amide bonds. The summed E-state index contributed by atoms with van der Waals surface area (Å²) in [7, 11) is 0. The van der Waals surface area contributed by atoms with E-state index in [9.17, 15) is 14.4 Å². The second-order valence-corrected chi connectivity index (χ2v) is 10.1. The van der Waals surface area contributed by atoms with Gasteiger partial charge in [0.25, 0.3) is 0 Å². The SMILES string of the molecule is O=C1CC(CC(=O)N2CCCCC2c2ccccn2)(c2ccccc2)C(=O)N1Cc1cccs1. The van der Waals surface area contributed by atoms with Gasteiger partial charge in [-0.1, -0.05) is 42.5 Å². The lowest BCUT2D eigenvalue weighted by atomic mass is 9.75. The molecule has 0 aliphatic carbocycles. The highest BCUT2D eigenvalue weighted by Crippen LogP contribution is 2.42.